The Balaban J connectivity index is 1.68. The quantitative estimate of drug-likeness (QED) is 0.315. The van der Waals surface area contributed by atoms with E-state index in [1.54, 1.807) is 45.2 Å². The van der Waals surface area contributed by atoms with Crippen molar-refractivity contribution < 1.29 is 23.1 Å². The van der Waals surface area contributed by atoms with Gasteiger partial charge >= 0.3 is 5.97 Å². The van der Waals surface area contributed by atoms with E-state index in [1.807, 2.05) is 37.3 Å². The van der Waals surface area contributed by atoms with Gasteiger partial charge in [0, 0.05) is 0 Å². The number of methoxy groups -OCH3 is 1. The lowest BCUT2D eigenvalue weighted by molar-refractivity contribution is 0.0695. The normalized spacial score (nSPS) is 11.3. The van der Waals surface area contributed by atoms with Crippen LogP contribution in [0, 0.1) is 20.8 Å². The van der Waals surface area contributed by atoms with E-state index in [1.165, 1.54) is 0 Å². The lowest BCUT2D eigenvalue weighted by atomic mass is 9.99. The van der Waals surface area contributed by atoms with Crippen LogP contribution in [0.1, 0.15) is 57.4 Å². The molecule has 3 rings (SSSR count). The molecular weight excluding hydrogens is 462 g/mol. The molecule has 0 aliphatic rings. The summed E-state index contributed by atoms with van der Waals surface area (Å²) in [5.41, 5.74) is 4.82. The first-order valence-corrected chi connectivity index (χ1v) is 13.2. The number of para-hydroxylation sites is 1. The molecule has 3 aromatic rings. The van der Waals surface area contributed by atoms with Gasteiger partial charge in [-0.05, 0) is 92.5 Å². The maximum Gasteiger partial charge on any atom is 0.335 e. The minimum absolute atomic E-state index is 0.280. The van der Waals surface area contributed by atoms with Crippen LogP contribution in [-0.2, 0) is 22.9 Å². The second kappa shape index (κ2) is 11.4. The van der Waals surface area contributed by atoms with Crippen molar-refractivity contribution in [3.05, 3.63) is 88.0 Å². The molecule has 186 valence electrons. The molecule has 3 aromatic carbocycles. The number of ether oxygens (including phenoxy) is 1. The molecule has 0 aliphatic carbocycles. The summed E-state index contributed by atoms with van der Waals surface area (Å²) in [5.74, 6) is -0.232. The number of benzene rings is 3. The monoisotopic (exact) mass is 495 g/mol. The molecule has 0 aliphatic heterocycles. The van der Waals surface area contributed by atoms with Crippen LogP contribution in [-0.4, -0.2) is 26.6 Å². The smallest absolute Gasteiger partial charge is 0.335 e. The number of aryl methyl sites for hydroxylation is 3. The van der Waals surface area contributed by atoms with Gasteiger partial charge < -0.3 is 9.84 Å². The molecule has 0 saturated carbocycles. The summed E-state index contributed by atoms with van der Waals surface area (Å²) in [4.78, 5) is 11.7. The van der Waals surface area contributed by atoms with Gasteiger partial charge in [-0.3, -0.25) is 4.72 Å². The summed E-state index contributed by atoms with van der Waals surface area (Å²) in [7, 11) is -2.21. The lowest BCUT2D eigenvalue weighted by Gasteiger charge is -2.18. The average molecular weight is 496 g/mol. The number of carbonyl (C=O) groups is 1. The zero-order chi connectivity index (χ0) is 25.6. The molecule has 0 saturated heterocycles. The van der Waals surface area contributed by atoms with Crippen LogP contribution in [0.25, 0.3) is 0 Å². The van der Waals surface area contributed by atoms with Gasteiger partial charge in [0.05, 0.1) is 23.3 Å². The molecule has 7 heteroatoms. The Hall–Kier alpha value is -3.32. The fraction of sp³-hybridized carbons (Fsp3) is 0.321. The van der Waals surface area contributed by atoms with Crippen LogP contribution in [0.3, 0.4) is 0 Å². The maximum atomic E-state index is 13.4. The molecule has 0 unspecified atom stereocenters. The SMILES string of the molecule is COc1cc(C)c(S(=O)(=O)Nc2ccccc2CCCCCc2ccccc2C(=O)O)c(C)c1C. The fourth-order valence-corrected chi connectivity index (χ4v) is 6.06. The van der Waals surface area contributed by atoms with E-state index >= 15 is 0 Å². The number of rotatable bonds is 11. The highest BCUT2D eigenvalue weighted by Gasteiger charge is 2.23. The van der Waals surface area contributed by atoms with Crippen molar-refractivity contribution in [3.8, 4) is 5.75 Å². The summed E-state index contributed by atoms with van der Waals surface area (Å²) < 4.78 is 34.9. The summed E-state index contributed by atoms with van der Waals surface area (Å²) in [6.45, 7) is 5.43. The van der Waals surface area contributed by atoms with Gasteiger partial charge in [0.2, 0.25) is 0 Å². The minimum atomic E-state index is -3.79. The van der Waals surface area contributed by atoms with Crippen LogP contribution >= 0.6 is 0 Å². The number of unbranched alkanes of at least 4 members (excludes halogenated alkanes) is 2. The first kappa shape index (κ1) is 26.3. The highest BCUT2D eigenvalue weighted by molar-refractivity contribution is 7.92. The fourth-order valence-electron chi connectivity index (χ4n) is 4.44. The number of carboxylic acids is 1. The van der Waals surface area contributed by atoms with Crippen molar-refractivity contribution >= 4 is 21.7 Å². The Kier molecular flexibility index (Phi) is 8.57. The van der Waals surface area contributed by atoms with Crippen molar-refractivity contribution in [1.29, 1.82) is 0 Å². The molecular formula is C28H33NO5S. The van der Waals surface area contributed by atoms with Crippen LogP contribution in [0.4, 0.5) is 5.69 Å². The molecule has 0 spiro atoms. The highest BCUT2D eigenvalue weighted by Crippen LogP contribution is 2.32. The molecule has 35 heavy (non-hydrogen) atoms. The third-order valence-corrected chi connectivity index (χ3v) is 8.02. The van der Waals surface area contributed by atoms with Gasteiger partial charge in [-0.25, -0.2) is 13.2 Å². The Bertz CT molecular complexity index is 1310. The Labute approximate surface area is 208 Å². The maximum absolute atomic E-state index is 13.4. The number of sulfonamides is 1. The largest absolute Gasteiger partial charge is 0.496 e. The molecule has 0 bridgehead atoms. The predicted octanol–water partition coefficient (Wildman–Crippen LogP) is 6.07. The average Bonchev–Trinajstić information content (AvgIpc) is 2.82. The number of anilines is 1. The van der Waals surface area contributed by atoms with Crippen molar-refractivity contribution in [2.24, 2.45) is 0 Å². The molecule has 0 aromatic heterocycles. The second-order valence-corrected chi connectivity index (χ2v) is 10.4. The zero-order valence-electron chi connectivity index (χ0n) is 20.7. The molecule has 0 radical (unpaired) electrons. The number of nitrogens with one attached hydrogen (secondary N) is 1. The van der Waals surface area contributed by atoms with E-state index in [0.29, 0.717) is 34.5 Å². The Morgan fingerprint density at radius 3 is 2.14 bits per heavy atom. The van der Waals surface area contributed by atoms with E-state index in [-0.39, 0.29) is 4.90 Å². The second-order valence-electron chi connectivity index (χ2n) is 8.76. The number of carboxylic acid groups (broad SMARTS) is 1. The van der Waals surface area contributed by atoms with Gasteiger partial charge in [-0.1, -0.05) is 42.8 Å². The molecule has 6 nitrogen and oxygen atoms in total. The molecule has 0 fully saturated rings. The van der Waals surface area contributed by atoms with E-state index < -0.39 is 16.0 Å². The van der Waals surface area contributed by atoms with Gasteiger partial charge in [0.15, 0.2) is 0 Å². The third kappa shape index (κ3) is 6.22. The summed E-state index contributed by atoms with van der Waals surface area (Å²) >= 11 is 0. The van der Waals surface area contributed by atoms with E-state index in [0.717, 1.165) is 42.4 Å². The van der Waals surface area contributed by atoms with Crippen LogP contribution < -0.4 is 9.46 Å². The first-order chi connectivity index (χ1) is 16.7. The van der Waals surface area contributed by atoms with E-state index in [2.05, 4.69) is 4.72 Å². The Morgan fingerprint density at radius 1 is 0.886 bits per heavy atom. The van der Waals surface area contributed by atoms with E-state index in [9.17, 15) is 18.3 Å². The summed E-state index contributed by atoms with van der Waals surface area (Å²) in [6.07, 6.45) is 4.06. The molecule has 0 atom stereocenters. The zero-order valence-corrected chi connectivity index (χ0v) is 21.5. The van der Waals surface area contributed by atoms with Crippen LogP contribution in [0.2, 0.25) is 0 Å². The van der Waals surface area contributed by atoms with Gasteiger partial charge in [0.25, 0.3) is 10.0 Å². The van der Waals surface area contributed by atoms with Crippen molar-refractivity contribution in [2.45, 2.75) is 57.8 Å². The van der Waals surface area contributed by atoms with Crippen LogP contribution in [0.15, 0.2) is 59.5 Å². The third-order valence-electron chi connectivity index (χ3n) is 6.37. The molecule has 0 amide bonds. The van der Waals surface area contributed by atoms with Gasteiger partial charge in [0.1, 0.15) is 5.75 Å². The van der Waals surface area contributed by atoms with Crippen LogP contribution in [0.5, 0.6) is 5.75 Å². The van der Waals surface area contributed by atoms with E-state index in [4.69, 9.17) is 4.74 Å². The summed E-state index contributed by atoms with van der Waals surface area (Å²) in [5, 5.41) is 9.34. The number of hydrogen-bond acceptors (Lipinski definition) is 4. The molecule has 2 N–H and O–H groups in total. The van der Waals surface area contributed by atoms with Gasteiger partial charge in [-0.15, -0.1) is 0 Å². The van der Waals surface area contributed by atoms with Gasteiger partial charge in [-0.2, -0.15) is 0 Å². The number of hydrogen-bond donors (Lipinski definition) is 2. The predicted molar refractivity (Wildman–Crippen MR) is 139 cm³/mol. The Morgan fingerprint density at radius 2 is 1.49 bits per heavy atom. The standard InChI is InChI=1S/C28H33NO5S/c1-19-18-26(34-4)20(2)21(3)27(19)35(32,33)29-25-17-11-9-15-23(25)14-7-5-6-12-22-13-8-10-16-24(22)28(30)31/h8-11,13,15-18,29H,5-7,12,14H2,1-4H3,(H,30,31). The van der Waals surface area contributed by atoms with Crippen molar-refractivity contribution in [2.75, 3.05) is 11.8 Å². The van der Waals surface area contributed by atoms with Crippen molar-refractivity contribution in [1.82, 2.24) is 0 Å². The molecule has 0 heterocycles. The first-order valence-electron chi connectivity index (χ1n) is 11.7. The lowest BCUT2D eigenvalue weighted by Crippen LogP contribution is -2.17. The topological polar surface area (TPSA) is 92.7 Å². The highest BCUT2D eigenvalue weighted by atomic mass is 32.2. The number of aromatic carboxylic acids is 1. The minimum Gasteiger partial charge on any atom is -0.496 e. The summed E-state index contributed by atoms with van der Waals surface area (Å²) in [6, 6.07) is 16.3. The van der Waals surface area contributed by atoms with Crippen molar-refractivity contribution in [3.63, 3.8) is 0 Å².